The molecule has 0 aromatic carbocycles. The number of pyridine rings is 1. The van der Waals surface area contributed by atoms with Gasteiger partial charge in [-0.3, -0.25) is 9.98 Å². The van der Waals surface area contributed by atoms with Gasteiger partial charge in [-0.05, 0) is 30.9 Å². The quantitative estimate of drug-likeness (QED) is 0.756. The average Bonchev–Trinajstić information content (AvgIpc) is 2.70. The molecule has 0 spiro atoms. The lowest BCUT2D eigenvalue weighted by atomic mass is 10.1. The third-order valence-electron chi connectivity index (χ3n) is 2.61. The lowest BCUT2D eigenvalue weighted by molar-refractivity contribution is 0.866. The molecule has 1 aromatic heterocycles. The summed E-state index contributed by atoms with van der Waals surface area (Å²) in [7, 11) is 0. The molecule has 2 heteroatoms. The maximum atomic E-state index is 4.46. The molecule has 1 aliphatic heterocycles. The molecule has 92 valence electrons. The maximum absolute atomic E-state index is 4.46. The Balaban J connectivity index is 0.000000686. The lowest BCUT2D eigenvalue weighted by Gasteiger charge is -2.01. The number of hydrogen-bond acceptors (Lipinski definition) is 2. The Morgan fingerprint density at radius 3 is 2.71 bits per heavy atom. The van der Waals surface area contributed by atoms with E-state index in [2.05, 4.69) is 35.1 Å². The molecule has 0 saturated heterocycles. The Labute approximate surface area is 105 Å². The average molecular weight is 230 g/mol. The Bertz CT molecular complexity index is 374. The van der Waals surface area contributed by atoms with Crippen molar-refractivity contribution in [2.75, 3.05) is 6.54 Å². The SMILES string of the molecule is CC.CCc1ccc(C2=CCCCN=C2)nc1. The van der Waals surface area contributed by atoms with Crippen LogP contribution in [0.15, 0.2) is 29.4 Å². The second-order valence-corrected chi connectivity index (χ2v) is 3.74. The molecule has 1 aromatic rings. The van der Waals surface area contributed by atoms with Crippen molar-refractivity contribution in [1.29, 1.82) is 0 Å². The van der Waals surface area contributed by atoms with E-state index >= 15 is 0 Å². The van der Waals surface area contributed by atoms with Gasteiger partial charge in [0.25, 0.3) is 0 Å². The van der Waals surface area contributed by atoms with Crippen molar-refractivity contribution in [3.05, 3.63) is 35.7 Å². The van der Waals surface area contributed by atoms with Crippen LogP contribution in [0, 0.1) is 0 Å². The van der Waals surface area contributed by atoms with Crippen LogP contribution in [0.1, 0.15) is 44.9 Å². The number of nitrogens with zero attached hydrogens (tertiary/aromatic N) is 2. The molecule has 0 aliphatic carbocycles. The molecule has 0 radical (unpaired) electrons. The van der Waals surface area contributed by atoms with Crippen LogP contribution in [-0.2, 0) is 6.42 Å². The largest absolute Gasteiger partial charge is 0.292 e. The van der Waals surface area contributed by atoms with Crippen LogP contribution < -0.4 is 0 Å². The molecule has 0 saturated carbocycles. The van der Waals surface area contributed by atoms with Gasteiger partial charge in [-0.25, -0.2) is 0 Å². The van der Waals surface area contributed by atoms with Gasteiger partial charge in [0.15, 0.2) is 0 Å². The van der Waals surface area contributed by atoms with Crippen LogP contribution in [0.3, 0.4) is 0 Å². The topological polar surface area (TPSA) is 25.2 Å². The monoisotopic (exact) mass is 230 g/mol. The standard InChI is InChI=1S/C13H16N2.C2H6/c1-2-11-6-7-13(15-9-11)12-5-3-4-8-14-10-12;1-2/h5-7,9-10H,2-4,8H2,1H3;1-2H3. The van der Waals surface area contributed by atoms with Crippen LogP contribution in [0.4, 0.5) is 0 Å². The number of rotatable bonds is 2. The van der Waals surface area contributed by atoms with Crippen molar-refractivity contribution in [3.8, 4) is 0 Å². The first kappa shape index (κ1) is 13.6. The zero-order valence-electron chi connectivity index (χ0n) is 11.1. The number of aryl methyl sites for hydroxylation is 1. The summed E-state index contributed by atoms with van der Waals surface area (Å²) < 4.78 is 0. The second-order valence-electron chi connectivity index (χ2n) is 3.74. The molecule has 0 unspecified atom stereocenters. The van der Waals surface area contributed by atoms with Gasteiger partial charge in [-0.15, -0.1) is 0 Å². The van der Waals surface area contributed by atoms with Gasteiger partial charge in [0, 0.05) is 24.5 Å². The van der Waals surface area contributed by atoms with Gasteiger partial charge in [0.05, 0.1) is 5.69 Å². The van der Waals surface area contributed by atoms with Crippen molar-refractivity contribution in [3.63, 3.8) is 0 Å². The highest BCUT2D eigenvalue weighted by Gasteiger charge is 2.02. The van der Waals surface area contributed by atoms with Crippen molar-refractivity contribution < 1.29 is 0 Å². The number of aliphatic imine (C=N–C) groups is 1. The molecule has 0 fully saturated rings. The Hall–Kier alpha value is -1.44. The summed E-state index contributed by atoms with van der Waals surface area (Å²) in [5, 5.41) is 0. The molecule has 0 bridgehead atoms. The van der Waals surface area contributed by atoms with E-state index in [1.165, 1.54) is 5.56 Å². The van der Waals surface area contributed by atoms with E-state index in [1.807, 2.05) is 26.3 Å². The minimum Gasteiger partial charge on any atom is -0.292 e. The fourth-order valence-corrected chi connectivity index (χ4v) is 1.63. The molecular formula is C15H22N2. The van der Waals surface area contributed by atoms with Crippen LogP contribution >= 0.6 is 0 Å². The Morgan fingerprint density at radius 1 is 1.24 bits per heavy atom. The smallest absolute Gasteiger partial charge is 0.0714 e. The van der Waals surface area contributed by atoms with Crippen molar-refractivity contribution in [1.82, 2.24) is 4.98 Å². The van der Waals surface area contributed by atoms with Crippen molar-refractivity contribution in [2.45, 2.75) is 40.0 Å². The Kier molecular flexibility index (Phi) is 6.23. The minimum absolute atomic E-state index is 0.938. The fourth-order valence-electron chi connectivity index (χ4n) is 1.63. The van der Waals surface area contributed by atoms with E-state index in [-0.39, 0.29) is 0 Å². The molecule has 17 heavy (non-hydrogen) atoms. The van der Waals surface area contributed by atoms with E-state index in [4.69, 9.17) is 0 Å². The zero-order valence-corrected chi connectivity index (χ0v) is 11.1. The highest BCUT2D eigenvalue weighted by atomic mass is 14.7. The molecule has 2 nitrogen and oxygen atoms in total. The van der Waals surface area contributed by atoms with Gasteiger partial charge >= 0.3 is 0 Å². The van der Waals surface area contributed by atoms with Crippen molar-refractivity contribution in [2.24, 2.45) is 4.99 Å². The second kappa shape index (κ2) is 7.77. The molecular weight excluding hydrogens is 208 g/mol. The van der Waals surface area contributed by atoms with Crippen LogP contribution in [0.25, 0.3) is 5.57 Å². The predicted octanol–water partition coefficient (Wildman–Crippen LogP) is 3.92. The van der Waals surface area contributed by atoms with E-state index < -0.39 is 0 Å². The lowest BCUT2D eigenvalue weighted by Crippen LogP contribution is -1.91. The molecule has 2 rings (SSSR count). The number of allylic oxidation sites excluding steroid dienone is 2. The summed E-state index contributed by atoms with van der Waals surface area (Å²) in [4.78, 5) is 8.79. The van der Waals surface area contributed by atoms with Crippen LogP contribution in [-0.4, -0.2) is 17.7 Å². The Morgan fingerprint density at radius 2 is 2.06 bits per heavy atom. The zero-order chi connectivity index (χ0) is 12.5. The normalized spacial score (nSPS) is 14.4. The summed E-state index contributed by atoms with van der Waals surface area (Å²) in [5.74, 6) is 0. The van der Waals surface area contributed by atoms with Gasteiger partial charge in [0.1, 0.15) is 0 Å². The van der Waals surface area contributed by atoms with Gasteiger partial charge < -0.3 is 0 Å². The van der Waals surface area contributed by atoms with Crippen LogP contribution in [0.2, 0.25) is 0 Å². The summed E-state index contributed by atoms with van der Waals surface area (Å²) in [6.07, 6.45) is 9.42. The first-order chi connectivity index (χ1) is 8.40. The molecule has 0 amide bonds. The third kappa shape index (κ3) is 4.14. The highest BCUT2D eigenvalue weighted by Crippen LogP contribution is 2.14. The fraction of sp³-hybridized carbons (Fsp3) is 0.467. The van der Waals surface area contributed by atoms with E-state index in [1.54, 1.807) is 0 Å². The number of aromatic nitrogens is 1. The van der Waals surface area contributed by atoms with E-state index in [0.29, 0.717) is 0 Å². The van der Waals surface area contributed by atoms with E-state index in [0.717, 1.165) is 37.1 Å². The van der Waals surface area contributed by atoms with Gasteiger partial charge in [-0.1, -0.05) is 32.9 Å². The first-order valence-electron chi connectivity index (χ1n) is 6.55. The predicted molar refractivity (Wildman–Crippen MR) is 75.5 cm³/mol. The minimum atomic E-state index is 0.938. The van der Waals surface area contributed by atoms with Gasteiger partial charge in [0.2, 0.25) is 0 Å². The molecule has 2 heterocycles. The van der Waals surface area contributed by atoms with Crippen LogP contribution in [0.5, 0.6) is 0 Å². The summed E-state index contributed by atoms with van der Waals surface area (Å²) >= 11 is 0. The summed E-state index contributed by atoms with van der Waals surface area (Å²) in [5.41, 5.74) is 3.48. The summed E-state index contributed by atoms with van der Waals surface area (Å²) in [6.45, 7) is 7.08. The molecule has 0 atom stereocenters. The molecule has 1 aliphatic rings. The van der Waals surface area contributed by atoms with E-state index in [9.17, 15) is 0 Å². The first-order valence-corrected chi connectivity index (χ1v) is 6.55. The highest BCUT2D eigenvalue weighted by molar-refractivity contribution is 6.09. The third-order valence-corrected chi connectivity index (χ3v) is 2.61. The molecule has 0 N–H and O–H groups in total. The maximum Gasteiger partial charge on any atom is 0.0714 e. The summed E-state index contributed by atoms with van der Waals surface area (Å²) in [6, 6.07) is 4.23. The number of hydrogen-bond donors (Lipinski definition) is 0. The van der Waals surface area contributed by atoms with Gasteiger partial charge in [-0.2, -0.15) is 0 Å². The van der Waals surface area contributed by atoms with Crippen molar-refractivity contribution >= 4 is 11.8 Å².